The Kier molecular flexibility index (Phi) is 7.58. The largest absolute Gasteiger partial charge is 0.598 e. The second kappa shape index (κ2) is 9.61. The number of hydrogen-bond acceptors (Lipinski definition) is 2. The molecule has 2 aromatic carbocycles. The molecule has 0 fully saturated rings. The summed E-state index contributed by atoms with van der Waals surface area (Å²) in [6.45, 7) is 10.8. The van der Waals surface area contributed by atoms with Crippen molar-refractivity contribution in [2.45, 2.75) is 71.2 Å². The quantitative estimate of drug-likeness (QED) is 0.267. The minimum atomic E-state index is -4.76. The van der Waals surface area contributed by atoms with Crippen molar-refractivity contribution in [2.75, 3.05) is 0 Å². The highest BCUT2D eigenvalue weighted by atomic mass is 32.2. The van der Waals surface area contributed by atoms with Crippen molar-refractivity contribution in [1.82, 2.24) is 9.29 Å². The third-order valence-electron chi connectivity index (χ3n) is 5.52. The van der Waals surface area contributed by atoms with Gasteiger partial charge in [0.2, 0.25) is 0 Å². The first-order valence-electron chi connectivity index (χ1n) is 11.3. The number of benzene rings is 2. The molecule has 3 aromatic rings. The van der Waals surface area contributed by atoms with Crippen molar-refractivity contribution in [1.29, 1.82) is 0 Å². The number of halogens is 6. The van der Waals surface area contributed by atoms with Crippen molar-refractivity contribution >= 4 is 22.3 Å². The summed E-state index contributed by atoms with van der Waals surface area (Å²) in [6, 6.07) is 7.16. The minimum absolute atomic E-state index is 0.0590. The zero-order chi connectivity index (χ0) is 27.3. The van der Waals surface area contributed by atoms with E-state index in [0.717, 1.165) is 6.07 Å². The van der Waals surface area contributed by atoms with Gasteiger partial charge in [0.25, 0.3) is 0 Å². The Labute approximate surface area is 210 Å². The fourth-order valence-electron chi connectivity index (χ4n) is 3.93. The summed E-state index contributed by atoms with van der Waals surface area (Å²) in [7, 11) is 0. The van der Waals surface area contributed by atoms with Crippen molar-refractivity contribution in [2.24, 2.45) is 5.41 Å². The van der Waals surface area contributed by atoms with E-state index in [4.69, 9.17) is 0 Å². The van der Waals surface area contributed by atoms with Crippen LogP contribution in [0.25, 0.3) is 22.0 Å². The molecule has 0 saturated carbocycles. The van der Waals surface area contributed by atoms with Crippen LogP contribution in [0.5, 0.6) is 0 Å². The molecule has 3 nitrogen and oxygen atoms in total. The van der Waals surface area contributed by atoms with E-state index in [9.17, 15) is 30.9 Å². The van der Waals surface area contributed by atoms with Crippen molar-refractivity contribution < 1.29 is 30.9 Å². The number of nitrogens with one attached hydrogen (secondary N) is 1. The molecule has 10 heteroatoms. The Balaban J connectivity index is 2.25. The van der Waals surface area contributed by atoms with Gasteiger partial charge in [-0.15, -0.1) is 4.72 Å². The number of hydrogen-bond donors (Lipinski definition) is 1. The van der Waals surface area contributed by atoms with E-state index in [2.05, 4.69) is 4.72 Å². The highest BCUT2D eigenvalue weighted by Gasteiger charge is 2.47. The van der Waals surface area contributed by atoms with Gasteiger partial charge in [-0.25, -0.2) is 0 Å². The molecule has 0 aliphatic rings. The average molecular weight is 533 g/mol. The Morgan fingerprint density at radius 1 is 0.917 bits per heavy atom. The van der Waals surface area contributed by atoms with Crippen molar-refractivity contribution in [3.8, 4) is 11.1 Å². The summed E-state index contributed by atoms with van der Waals surface area (Å²) < 4.78 is 99.2. The minimum Gasteiger partial charge on any atom is -0.598 e. The molecule has 1 unspecified atom stereocenters. The average Bonchev–Trinajstić information content (AvgIpc) is 3.05. The van der Waals surface area contributed by atoms with Crippen molar-refractivity contribution in [3.63, 3.8) is 0 Å². The highest BCUT2D eigenvalue weighted by molar-refractivity contribution is 7.90. The lowest BCUT2D eigenvalue weighted by molar-refractivity contribution is -0.152. The summed E-state index contributed by atoms with van der Waals surface area (Å²) in [5.41, 5.74) is -0.740. The van der Waals surface area contributed by atoms with Gasteiger partial charge in [-0.2, -0.15) is 26.3 Å². The first-order valence-corrected chi connectivity index (χ1v) is 12.5. The Bertz CT molecular complexity index is 1220. The number of aromatic nitrogens is 1. The van der Waals surface area contributed by atoms with Crippen molar-refractivity contribution in [3.05, 3.63) is 59.8 Å². The lowest BCUT2D eigenvalue weighted by atomic mass is 9.96. The van der Waals surface area contributed by atoms with Gasteiger partial charge in [0.1, 0.15) is 4.75 Å². The molecule has 0 radical (unpaired) electrons. The molecule has 1 heterocycles. The van der Waals surface area contributed by atoms with E-state index in [1.165, 1.54) is 42.6 Å². The molecule has 198 valence electrons. The van der Waals surface area contributed by atoms with Crippen LogP contribution < -0.4 is 4.72 Å². The van der Waals surface area contributed by atoms with Crippen LogP contribution in [0.1, 0.15) is 58.7 Å². The first kappa shape index (κ1) is 28.4. The van der Waals surface area contributed by atoms with Crippen LogP contribution >= 0.6 is 0 Å². The predicted molar refractivity (Wildman–Crippen MR) is 132 cm³/mol. The molecule has 0 aliphatic heterocycles. The van der Waals surface area contributed by atoms with Gasteiger partial charge < -0.3 is 9.12 Å². The zero-order valence-electron chi connectivity index (χ0n) is 20.9. The lowest BCUT2D eigenvalue weighted by Crippen LogP contribution is -2.45. The molecule has 0 amide bonds. The van der Waals surface area contributed by atoms with E-state index < -0.39 is 40.1 Å². The summed E-state index contributed by atoms with van der Waals surface area (Å²) in [6.07, 6.45) is -7.99. The van der Waals surface area contributed by atoms with Gasteiger partial charge in [0.05, 0.1) is 5.56 Å². The second-order valence-corrected chi connectivity index (χ2v) is 13.0. The van der Waals surface area contributed by atoms with E-state index >= 15 is 0 Å². The van der Waals surface area contributed by atoms with Crippen LogP contribution in [-0.4, -0.2) is 20.0 Å². The van der Waals surface area contributed by atoms with Gasteiger partial charge in [-0.3, -0.25) is 0 Å². The normalized spacial score (nSPS) is 15.4. The molecule has 36 heavy (non-hydrogen) atoms. The summed E-state index contributed by atoms with van der Waals surface area (Å²) in [5.74, 6) is 0. The summed E-state index contributed by atoms with van der Waals surface area (Å²) >= 11 is -2.02. The van der Waals surface area contributed by atoms with E-state index in [1.807, 2.05) is 20.8 Å². The van der Waals surface area contributed by atoms with E-state index in [-0.39, 0.29) is 27.5 Å². The highest BCUT2D eigenvalue weighted by Crippen LogP contribution is 2.42. The predicted octanol–water partition coefficient (Wildman–Crippen LogP) is 8.03. The zero-order valence-corrected chi connectivity index (χ0v) is 21.8. The number of alkyl halides is 6. The maximum atomic E-state index is 14.2. The number of fused-ring (bicyclic) bond motifs is 1. The third kappa shape index (κ3) is 6.39. The molecule has 1 N–H and O–H groups in total. The standard InChI is InChI=1S/C26H30F6N2OS/c1-23(2,3)15-34-14-19(22(26(30,31)32)33-36(35)24(4,5)6)18-12-11-16(13-21(18)34)17-9-7-8-10-20(17)25(27,28)29/h7-14,22,33H,15H2,1-6H3/t22-,36?/m0/s1. The third-order valence-corrected chi connectivity index (χ3v) is 7.08. The Morgan fingerprint density at radius 3 is 2.06 bits per heavy atom. The molecule has 3 rings (SSSR count). The molecule has 0 aliphatic carbocycles. The van der Waals surface area contributed by atoms with E-state index in [1.54, 1.807) is 25.3 Å². The van der Waals surface area contributed by atoms with Gasteiger partial charge in [-0.1, -0.05) is 51.1 Å². The van der Waals surface area contributed by atoms with Crippen LogP contribution in [0, 0.1) is 5.41 Å². The molecular weight excluding hydrogens is 502 g/mol. The molecule has 1 aromatic heterocycles. The fourth-order valence-corrected chi connectivity index (χ4v) is 4.76. The van der Waals surface area contributed by atoms with Crippen LogP contribution in [0.2, 0.25) is 0 Å². The van der Waals surface area contributed by atoms with Gasteiger partial charge >= 0.3 is 12.4 Å². The topological polar surface area (TPSA) is 40.0 Å². The lowest BCUT2D eigenvalue weighted by Gasteiger charge is -2.29. The Hall–Kier alpha value is -2.17. The van der Waals surface area contributed by atoms with Gasteiger partial charge in [0.15, 0.2) is 6.04 Å². The SMILES string of the molecule is CC(C)(C)Cn1cc([C@H](N[S+]([O-])C(C)(C)C)C(F)(F)F)c2ccc(-c3ccccc3C(F)(F)F)cc21. The van der Waals surface area contributed by atoms with Gasteiger partial charge in [-0.05, 0) is 49.4 Å². The monoisotopic (exact) mass is 532 g/mol. The van der Waals surface area contributed by atoms with Crippen LogP contribution in [0.15, 0.2) is 48.7 Å². The maximum absolute atomic E-state index is 14.2. The molecular formula is C26H30F6N2OS. The maximum Gasteiger partial charge on any atom is 0.417 e. The van der Waals surface area contributed by atoms with Crippen LogP contribution in [0.3, 0.4) is 0 Å². The molecule has 0 spiro atoms. The van der Waals surface area contributed by atoms with Crippen LogP contribution in [-0.2, 0) is 24.1 Å². The number of nitrogens with zero attached hydrogens (tertiary/aromatic N) is 1. The van der Waals surface area contributed by atoms with E-state index in [0.29, 0.717) is 12.1 Å². The first-order chi connectivity index (χ1) is 16.3. The smallest absolute Gasteiger partial charge is 0.417 e. The Morgan fingerprint density at radius 2 is 1.53 bits per heavy atom. The molecule has 2 atom stereocenters. The van der Waals surface area contributed by atoms with Crippen LogP contribution in [0.4, 0.5) is 26.3 Å². The second-order valence-electron chi connectivity index (χ2n) is 11.0. The van der Waals surface area contributed by atoms with Gasteiger partial charge in [0, 0.05) is 40.6 Å². The molecule has 0 bridgehead atoms. The number of rotatable bonds is 5. The molecule has 0 saturated heterocycles. The fraction of sp³-hybridized carbons (Fsp3) is 0.462. The summed E-state index contributed by atoms with van der Waals surface area (Å²) in [4.78, 5) is 0. The summed E-state index contributed by atoms with van der Waals surface area (Å²) in [5, 5.41) is 0.230.